The highest BCUT2D eigenvalue weighted by Crippen LogP contribution is 2.42. The third-order valence-corrected chi connectivity index (χ3v) is 6.89. The van der Waals surface area contributed by atoms with E-state index >= 15 is 0 Å². The molecule has 9 heteroatoms. The van der Waals surface area contributed by atoms with Gasteiger partial charge in [0, 0.05) is 35.8 Å². The molecule has 0 aromatic heterocycles. The van der Waals surface area contributed by atoms with Crippen LogP contribution in [0.5, 0.6) is 11.5 Å². The molecule has 200 valence electrons. The van der Waals surface area contributed by atoms with Gasteiger partial charge in [-0.1, -0.05) is 20.8 Å². The Balaban J connectivity index is 1.63. The molecule has 2 aliphatic heterocycles. The lowest BCUT2D eigenvalue weighted by molar-refractivity contribution is -0.119. The fraction of sp³-hybridized carbons (Fsp3) is 0.448. The van der Waals surface area contributed by atoms with Crippen LogP contribution >= 0.6 is 0 Å². The molecule has 0 saturated carbocycles. The highest BCUT2D eigenvalue weighted by Gasteiger charge is 2.31. The summed E-state index contributed by atoms with van der Waals surface area (Å²) in [5.41, 5.74) is 4.24. The Morgan fingerprint density at radius 1 is 1.21 bits per heavy atom. The first kappa shape index (κ1) is 27.0. The maximum absolute atomic E-state index is 13.6. The molecule has 0 atom stereocenters. The quantitative estimate of drug-likeness (QED) is 0.407. The van der Waals surface area contributed by atoms with Crippen molar-refractivity contribution in [2.24, 2.45) is 0 Å². The van der Waals surface area contributed by atoms with Crippen molar-refractivity contribution < 1.29 is 19.1 Å². The van der Waals surface area contributed by atoms with E-state index in [-0.39, 0.29) is 42.5 Å². The molecule has 0 aliphatic carbocycles. The van der Waals surface area contributed by atoms with E-state index in [1.807, 2.05) is 36.1 Å². The minimum atomic E-state index is -0.274. The van der Waals surface area contributed by atoms with Crippen molar-refractivity contribution in [1.82, 2.24) is 10.2 Å². The minimum Gasteiger partial charge on any atom is -0.494 e. The molecule has 2 N–H and O–H groups in total. The van der Waals surface area contributed by atoms with Gasteiger partial charge in [-0.3, -0.25) is 15.0 Å². The normalized spacial score (nSPS) is 14.4. The predicted octanol–water partition coefficient (Wildman–Crippen LogP) is 3.42. The Kier molecular flexibility index (Phi) is 7.63. The number of nitriles is 1. The second-order valence-corrected chi connectivity index (χ2v) is 10.6. The van der Waals surface area contributed by atoms with Gasteiger partial charge in [0.15, 0.2) is 5.78 Å². The van der Waals surface area contributed by atoms with Crippen LogP contribution in [0.2, 0.25) is 0 Å². The number of hydrogen-bond donors (Lipinski definition) is 2. The smallest absolute Gasteiger partial charge is 0.224 e. The van der Waals surface area contributed by atoms with Gasteiger partial charge in [-0.05, 0) is 42.2 Å². The molecule has 9 nitrogen and oxygen atoms in total. The summed E-state index contributed by atoms with van der Waals surface area (Å²) in [6.45, 7) is 10.3. The topological polar surface area (TPSA) is 119 Å². The molecule has 0 fully saturated rings. The van der Waals surface area contributed by atoms with E-state index in [0.29, 0.717) is 48.7 Å². The fourth-order valence-electron chi connectivity index (χ4n) is 4.91. The van der Waals surface area contributed by atoms with E-state index in [2.05, 4.69) is 32.2 Å². The number of ether oxygens (including phenoxy) is 2. The van der Waals surface area contributed by atoms with Crippen molar-refractivity contribution in [2.75, 3.05) is 44.8 Å². The summed E-state index contributed by atoms with van der Waals surface area (Å²) < 4.78 is 11.8. The minimum absolute atomic E-state index is 0.0315. The van der Waals surface area contributed by atoms with Gasteiger partial charge in [0.25, 0.3) is 0 Å². The maximum atomic E-state index is 13.6. The molecule has 0 radical (unpaired) electrons. The number of Topliss-reactive ketones (excluding diaryl/α,β-unsaturated/α-hetero) is 1. The number of carbonyl (C=O) groups excluding carboxylic acids is 2. The highest BCUT2D eigenvalue weighted by atomic mass is 16.5. The molecular formula is C29H35N5O4. The lowest BCUT2D eigenvalue weighted by Crippen LogP contribution is -2.35. The number of benzene rings is 2. The van der Waals surface area contributed by atoms with Gasteiger partial charge in [-0.25, -0.2) is 0 Å². The lowest BCUT2D eigenvalue weighted by atomic mass is 9.84. The zero-order valence-corrected chi connectivity index (χ0v) is 22.7. The van der Waals surface area contributed by atoms with Crippen LogP contribution in [0.4, 0.5) is 5.69 Å². The standard InChI is InChI=1S/C29H35N5O4/c1-6-37-25-14-20-16-34(28(31)21(20)11-19(25)15-26(36)32-5)17-24(35)18-12-22(29(2,3)4)27-23(13-18)33(8-7-30)9-10-38-27/h11-14,31H,6,8-10,15-17H2,1-5H3,(H,32,36). The number of anilines is 1. The Morgan fingerprint density at radius 3 is 2.63 bits per heavy atom. The number of carbonyl (C=O) groups is 2. The molecule has 4 rings (SSSR count). The van der Waals surface area contributed by atoms with Gasteiger partial charge < -0.3 is 24.6 Å². The average molecular weight is 518 g/mol. The van der Waals surface area contributed by atoms with E-state index in [4.69, 9.17) is 14.9 Å². The Hall–Kier alpha value is -4.06. The van der Waals surface area contributed by atoms with Crippen LogP contribution in [0, 0.1) is 16.7 Å². The number of nitrogens with one attached hydrogen (secondary N) is 2. The molecule has 38 heavy (non-hydrogen) atoms. The number of amidine groups is 1. The third kappa shape index (κ3) is 5.30. The van der Waals surface area contributed by atoms with Gasteiger partial charge >= 0.3 is 0 Å². The van der Waals surface area contributed by atoms with Crippen LogP contribution in [0.1, 0.15) is 60.3 Å². The number of amides is 1. The van der Waals surface area contributed by atoms with Gasteiger partial charge in [-0.15, -0.1) is 0 Å². The van der Waals surface area contributed by atoms with Crippen molar-refractivity contribution >= 4 is 23.2 Å². The zero-order valence-electron chi connectivity index (χ0n) is 22.7. The highest BCUT2D eigenvalue weighted by molar-refractivity contribution is 6.06. The lowest BCUT2D eigenvalue weighted by Gasteiger charge is -2.34. The summed E-state index contributed by atoms with van der Waals surface area (Å²) in [5, 5.41) is 20.7. The molecule has 0 unspecified atom stereocenters. The van der Waals surface area contributed by atoms with Crippen LogP contribution < -0.4 is 19.7 Å². The largest absolute Gasteiger partial charge is 0.494 e. The third-order valence-electron chi connectivity index (χ3n) is 6.89. The van der Waals surface area contributed by atoms with E-state index < -0.39 is 0 Å². The number of likely N-dealkylation sites (N-methyl/N-ethyl adjacent to an activating group) is 1. The van der Waals surface area contributed by atoms with E-state index in [1.165, 1.54) is 0 Å². The number of rotatable bonds is 8. The van der Waals surface area contributed by atoms with Gasteiger partial charge in [-0.2, -0.15) is 5.26 Å². The summed E-state index contributed by atoms with van der Waals surface area (Å²) in [4.78, 5) is 29.3. The molecule has 2 aromatic carbocycles. The maximum Gasteiger partial charge on any atom is 0.224 e. The van der Waals surface area contributed by atoms with Gasteiger partial charge in [0.05, 0.1) is 37.9 Å². The summed E-state index contributed by atoms with van der Waals surface area (Å²) >= 11 is 0. The molecule has 2 heterocycles. The number of ketones is 1. The zero-order chi connectivity index (χ0) is 27.6. The number of hydrogen-bond acceptors (Lipinski definition) is 7. The fourth-order valence-corrected chi connectivity index (χ4v) is 4.91. The summed E-state index contributed by atoms with van der Waals surface area (Å²) in [7, 11) is 1.59. The second-order valence-electron chi connectivity index (χ2n) is 10.6. The Bertz CT molecular complexity index is 1320. The second kappa shape index (κ2) is 10.7. The average Bonchev–Trinajstić information content (AvgIpc) is 3.17. The van der Waals surface area contributed by atoms with Crippen LogP contribution in [0.3, 0.4) is 0 Å². The van der Waals surface area contributed by atoms with Crippen molar-refractivity contribution in [1.29, 1.82) is 10.7 Å². The first-order chi connectivity index (χ1) is 18.1. The van der Waals surface area contributed by atoms with Gasteiger partial charge in [0.1, 0.15) is 30.5 Å². The molecule has 2 aromatic rings. The van der Waals surface area contributed by atoms with Crippen LogP contribution in [-0.4, -0.2) is 62.3 Å². The van der Waals surface area contributed by atoms with E-state index in [9.17, 15) is 14.9 Å². The monoisotopic (exact) mass is 517 g/mol. The molecule has 0 bridgehead atoms. The molecular weight excluding hydrogens is 482 g/mol. The molecule has 0 saturated heterocycles. The summed E-state index contributed by atoms with van der Waals surface area (Å²) in [5.74, 6) is 1.34. The van der Waals surface area contributed by atoms with Crippen molar-refractivity contribution in [3.05, 3.63) is 52.1 Å². The first-order valence-electron chi connectivity index (χ1n) is 12.9. The number of nitrogens with zero attached hydrogens (tertiary/aromatic N) is 3. The van der Waals surface area contributed by atoms with Crippen LogP contribution in [-0.2, 0) is 23.2 Å². The molecule has 1 amide bonds. The Labute approximate surface area is 223 Å². The molecule has 2 aliphatic rings. The Morgan fingerprint density at radius 2 is 1.97 bits per heavy atom. The summed E-state index contributed by atoms with van der Waals surface area (Å²) in [6.07, 6.45) is 0.150. The predicted molar refractivity (Wildman–Crippen MR) is 145 cm³/mol. The van der Waals surface area contributed by atoms with E-state index in [1.54, 1.807) is 11.9 Å². The van der Waals surface area contributed by atoms with Crippen molar-refractivity contribution in [3.8, 4) is 17.6 Å². The first-order valence-corrected chi connectivity index (χ1v) is 12.9. The van der Waals surface area contributed by atoms with Gasteiger partial charge in [0.2, 0.25) is 5.91 Å². The van der Waals surface area contributed by atoms with E-state index in [0.717, 1.165) is 22.6 Å². The van der Waals surface area contributed by atoms with Crippen molar-refractivity contribution in [2.45, 2.75) is 46.1 Å². The van der Waals surface area contributed by atoms with Crippen LogP contribution in [0.15, 0.2) is 24.3 Å². The van der Waals surface area contributed by atoms with Crippen molar-refractivity contribution in [3.63, 3.8) is 0 Å². The molecule has 0 spiro atoms. The van der Waals surface area contributed by atoms with Crippen LogP contribution in [0.25, 0.3) is 0 Å². The number of fused-ring (bicyclic) bond motifs is 2. The summed E-state index contributed by atoms with van der Waals surface area (Å²) in [6, 6.07) is 9.61. The SMILES string of the molecule is CCOc1cc2c(cc1CC(=O)NC)C(=N)N(CC(=O)c1cc3c(c(C(C)(C)C)c1)OCCN3CC#N)C2.